The van der Waals surface area contributed by atoms with Crippen molar-refractivity contribution in [3.63, 3.8) is 0 Å². The molecule has 0 spiro atoms. The molecule has 1 amide bonds. The van der Waals surface area contributed by atoms with Gasteiger partial charge in [0.2, 0.25) is 5.91 Å². The van der Waals surface area contributed by atoms with E-state index in [0.717, 1.165) is 23.2 Å². The van der Waals surface area contributed by atoms with Gasteiger partial charge in [-0.25, -0.2) is 0 Å². The lowest BCUT2D eigenvalue weighted by molar-refractivity contribution is -0.118. The lowest BCUT2D eigenvalue weighted by Crippen LogP contribution is -2.17. The Hall–Kier alpha value is -2.60. The van der Waals surface area contributed by atoms with E-state index in [2.05, 4.69) is 37.4 Å². The van der Waals surface area contributed by atoms with Crippen LogP contribution in [0.25, 0.3) is 0 Å². The molecule has 1 unspecified atom stereocenters. The Labute approximate surface area is 137 Å². The maximum atomic E-state index is 12.4. The Kier molecular flexibility index (Phi) is 3.92. The number of carbonyl (C=O) groups excluding carboxylic acids is 1. The van der Waals surface area contributed by atoms with Gasteiger partial charge in [-0.05, 0) is 47.6 Å². The summed E-state index contributed by atoms with van der Waals surface area (Å²) < 4.78 is 0. The van der Waals surface area contributed by atoms with E-state index in [9.17, 15) is 4.79 Å². The molecule has 1 atom stereocenters. The molecule has 1 N–H and O–H groups in total. The van der Waals surface area contributed by atoms with Gasteiger partial charge in [-0.1, -0.05) is 44.2 Å². The van der Waals surface area contributed by atoms with Crippen LogP contribution in [-0.4, -0.2) is 5.91 Å². The van der Waals surface area contributed by atoms with Crippen LogP contribution in [0.4, 0.5) is 5.69 Å². The molecule has 0 radical (unpaired) electrons. The molecule has 116 valence electrons. The van der Waals surface area contributed by atoms with Crippen molar-refractivity contribution in [3.8, 4) is 6.07 Å². The highest BCUT2D eigenvalue weighted by Gasteiger charge is 2.50. The van der Waals surface area contributed by atoms with Crippen molar-refractivity contribution in [1.82, 2.24) is 0 Å². The molecule has 3 heteroatoms. The van der Waals surface area contributed by atoms with E-state index < -0.39 is 0 Å². The molecule has 2 aromatic rings. The number of hydrogen-bond donors (Lipinski definition) is 1. The summed E-state index contributed by atoms with van der Waals surface area (Å²) in [4.78, 5) is 12.4. The highest BCUT2D eigenvalue weighted by atomic mass is 16.2. The fourth-order valence-corrected chi connectivity index (χ4v) is 2.88. The first-order valence-electron chi connectivity index (χ1n) is 7.87. The van der Waals surface area contributed by atoms with E-state index >= 15 is 0 Å². The molecule has 2 aromatic carbocycles. The Bertz CT molecular complexity index is 772. The van der Waals surface area contributed by atoms with Gasteiger partial charge in [-0.3, -0.25) is 4.79 Å². The third-order valence-electron chi connectivity index (χ3n) is 4.56. The topological polar surface area (TPSA) is 52.9 Å². The summed E-state index contributed by atoms with van der Waals surface area (Å²) in [6, 6.07) is 17.7. The Balaban J connectivity index is 1.84. The van der Waals surface area contributed by atoms with E-state index in [4.69, 9.17) is 5.26 Å². The second-order valence-corrected chi connectivity index (χ2v) is 6.88. The number of nitrogens with one attached hydrogen (secondary N) is 1. The van der Waals surface area contributed by atoms with Gasteiger partial charge in [0, 0.05) is 11.6 Å². The van der Waals surface area contributed by atoms with Crippen molar-refractivity contribution >= 4 is 11.6 Å². The molecular formula is C20H20N2O. The van der Waals surface area contributed by atoms with Gasteiger partial charge < -0.3 is 5.32 Å². The number of benzene rings is 2. The molecule has 3 rings (SSSR count). The first-order valence-corrected chi connectivity index (χ1v) is 7.87. The molecule has 0 saturated heterocycles. The predicted molar refractivity (Wildman–Crippen MR) is 90.9 cm³/mol. The molecule has 0 aliphatic heterocycles. The van der Waals surface area contributed by atoms with E-state index in [-0.39, 0.29) is 17.2 Å². The molecular weight excluding hydrogens is 284 g/mol. The zero-order chi connectivity index (χ0) is 16.4. The molecule has 23 heavy (non-hydrogen) atoms. The van der Waals surface area contributed by atoms with Gasteiger partial charge in [-0.2, -0.15) is 5.26 Å². The van der Waals surface area contributed by atoms with Gasteiger partial charge in [0.05, 0.1) is 11.6 Å². The fraction of sp³-hybridized carbons (Fsp3) is 0.300. The maximum absolute atomic E-state index is 12.4. The van der Waals surface area contributed by atoms with Gasteiger partial charge in [0.1, 0.15) is 0 Å². The Morgan fingerprint density at radius 1 is 1.26 bits per heavy atom. The fourth-order valence-electron chi connectivity index (χ4n) is 2.88. The second kappa shape index (κ2) is 5.89. The summed E-state index contributed by atoms with van der Waals surface area (Å²) >= 11 is 0. The lowest BCUT2D eigenvalue weighted by atomic mass is 10.0. The molecule has 1 saturated carbocycles. The minimum atomic E-state index is 0.0778. The van der Waals surface area contributed by atoms with Crippen LogP contribution >= 0.6 is 0 Å². The normalized spacial score (nSPS) is 18.0. The maximum Gasteiger partial charge on any atom is 0.228 e. The summed E-state index contributed by atoms with van der Waals surface area (Å²) in [6.45, 7) is 4.22. The zero-order valence-electron chi connectivity index (χ0n) is 13.5. The van der Waals surface area contributed by atoms with Crippen molar-refractivity contribution in [2.45, 2.75) is 26.7 Å². The van der Waals surface area contributed by atoms with Crippen LogP contribution in [0.2, 0.25) is 0 Å². The molecule has 1 aliphatic carbocycles. The van der Waals surface area contributed by atoms with Crippen LogP contribution in [0, 0.1) is 22.7 Å². The summed E-state index contributed by atoms with van der Waals surface area (Å²) in [7, 11) is 0. The molecule has 1 aliphatic rings. The molecule has 3 nitrogen and oxygen atoms in total. The van der Waals surface area contributed by atoms with Crippen LogP contribution < -0.4 is 5.32 Å². The number of carbonyl (C=O) groups is 1. The van der Waals surface area contributed by atoms with E-state index in [1.165, 1.54) is 0 Å². The van der Waals surface area contributed by atoms with E-state index in [1.54, 1.807) is 6.07 Å². The highest BCUT2D eigenvalue weighted by molar-refractivity contribution is 5.95. The number of amides is 1. The first-order chi connectivity index (χ1) is 11.0. The average Bonchev–Trinajstić information content (AvgIpc) is 3.19. The first kappa shape index (κ1) is 15.3. The van der Waals surface area contributed by atoms with Crippen molar-refractivity contribution in [1.29, 1.82) is 5.26 Å². The highest BCUT2D eigenvalue weighted by Crippen LogP contribution is 2.52. The van der Waals surface area contributed by atoms with Crippen LogP contribution in [0.3, 0.4) is 0 Å². The third-order valence-corrected chi connectivity index (χ3v) is 4.56. The number of anilines is 1. The quantitative estimate of drug-likeness (QED) is 0.923. The number of nitriles is 1. The lowest BCUT2D eigenvalue weighted by Gasteiger charge is -2.12. The predicted octanol–water partition coefficient (Wildman–Crippen LogP) is 4.13. The van der Waals surface area contributed by atoms with Crippen molar-refractivity contribution in [3.05, 3.63) is 65.2 Å². The van der Waals surface area contributed by atoms with Crippen LogP contribution in [0.15, 0.2) is 48.5 Å². The molecule has 0 bridgehead atoms. The van der Waals surface area contributed by atoms with Gasteiger partial charge in [0.25, 0.3) is 0 Å². The largest absolute Gasteiger partial charge is 0.326 e. The number of rotatable bonds is 4. The van der Waals surface area contributed by atoms with Crippen molar-refractivity contribution in [2.75, 3.05) is 5.32 Å². The summed E-state index contributed by atoms with van der Waals surface area (Å²) in [5.74, 6) is 0.164. The average molecular weight is 304 g/mol. The molecule has 0 aromatic heterocycles. The third kappa shape index (κ3) is 3.43. The summed E-state index contributed by atoms with van der Waals surface area (Å²) in [5, 5.41) is 12.2. The van der Waals surface area contributed by atoms with E-state index in [1.807, 2.05) is 30.3 Å². The SMILES string of the molecule is CC1(C)CC1C(=O)Nc1ccc(C#N)cc1Cc1ccccc1. The van der Waals surface area contributed by atoms with Gasteiger partial charge in [0.15, 0.2) is 0 Å². The Morgan fingerprint density at radius 3 is 2.57 bits per heavy atom. The molecule has 0 heterocycles. The standard InChI is InChI=1S/C20H20N2O/c1-20(2)12-17(20)19(23)22-18-9-8-15(13-21)11-16(18)10-14-6-4-3-5-7-14/h3-9,11,17H,10,12H2,1-2H3,(H,22,23). The summed E-state index contributed by atoms with van der Waals surface area (Å²) in [6.07, 6.45) is 1.63. The Morgan fingerprint density at radius 2 is 1.96 bits per heavy atom. The second-order valence-electron chi connectivity index (χ2n) is 6.88. The van der Waals surface area contributed by atoms with Gasteiger partial charge in [-0.15, -0.1) is 0 Å². The number of hydrogen-bond acceptors (Lipinski definition) is 2. The minimum absolute atomic E-state index is 0.0778. The monoisotopic (exact) mass is 304 g/mol. The van der Waals surface area contributed by atoms with Gasteiger partial charge >= 0.3 is 0 Å². The van der Waals surface area contributed by atoms with Crippen molar-refractivity contribution in [2.24, 2.45) is 11.3 Å². The van der Waals surface area contributed by atoms with Crippen LogP contribution in [-0.2, 0) is 11.2 Å². The van der Waals surface area contributed by atoms with E-state index in [0.29, 0.717) is 12.0 Å². The summed E-state index contributed by atoms with van der Waals surface area (Å²) in [5.41, 5.74) is 3.66. The minimum Gasteiger partial charge on any atom is -0.326 e. The smallest absolute Gasteiger partial charge is 0.228 e. The molecule has 1 fully saturated rings. The van der Waals surface area contributed by atoms with Crippen LogP contribution in [0.1, 0.15) is 37.0 Å². The van der Waals surface area contributed by atoms with Crippen molar-refractivity contribution < 1.29 is 4.79 Å². The number of nitrogens with zero attached hydrogens (tertiary/aromatic N) is 1. The van der Waals surface area contributed by atoms with Crippen LogP contribution in [0.5, 0.6) is 0 Å². The zero-order valence-corrected chi connectivity index (χ0v) is 13.5.